The van der Waals surface area contributed by atoms with E-state index in [0.29, 0.717) is 22.1 Å². The Balaban J connectivity index is 1.78. The van der Waals surface area contributed by atoms with Crippen LogP contribution in [0, 0.1) is 0 Å². The summed E-state index contributed by atoms with van der Waals surface area (Å²) in [6.07, 6.45) is 2.44. The topological polar surface area (TPSA) is 72.7 Å². The number of carbonyl (C=O) groups excluding carboxylic acids is 1. The average Bonchev–Trinajstić information content (AvgIpc) is 3.43. The molecule has 0 radical (unpaired) electrons. The summed E-state index contributed by atoms with van der Waals surface area (Å²) in [5, 5.41) is 14.0. The molecule has 0 spiro atoms. The van der Waals surface area contributed by atoms with Crippen molar-refractivity contribution in [2.45, 2.75) is 19.4 Å². The molecule has 0 bridgehead atoms. The van der Waals surface area contributed by atoms with Crippen LogP contribution in [0.25, 0.3) is 17.1 Å². The van der Waals surface area contributed by atoms with Crippen LogP contribution in [0.2, 0.25) is 5.02 Å². The van der Waals surface area contributed by atoms with Crippen molar-refractivity contribution in [1.82, 2.24) is 25.3 Å². The maximum Gasteiger partial charge on any atom is 0.274 e. The van der Waals surface area contributed by atoms with Gasteiger partial charge in [-0.3, -0.25) is 9.78 Å². The van der Waals surface area contributed by atoms with Crippen molar-refractivity contribution in [1.29, 1.82) is 0 Å². The highest BCUT2D eigenvalue weighted by Crippen LogP contribution is 2.28. The molecule has 0 fully saturated rings. The van der Waals surface area contributed by atoms with Crippen molar-refractivity contribution in [2.24, 2.45) is 0 Å². The number of carbonyl (C=O) groups is 1. The summed E-state index contributed by atoms with van der Waals surface area (Å²) in [4.78, 5) is 18.7. The number of amides is 1. The highest BCUT2D eigenvalue weighted by atomic mass is 35.5. The Kier molecular flexibility index (Phi) is 5.69. The lowest BCUT2D eigenvalue weighted by molar-refractivity contribution is 0.0932. The maximum absolute atomic E-state index is 13.1. The number of rotatable bonds is 6. The van der Waals surface area contributed by atoms with Gasteiger partial charge in [-0.2, -0.15) is 0 Å². The molecular weight excluding hydrogens is 406 g/mol. The van der Waals surface area contributed by atoms with Gasteiger partial charge in [0.15, 0.2) is 5.69 Å². The lowest BCUT2D eigenvalue weighted by atomic mass is 10.1. The first-order chi connectivity index (χ1) is 14.2. The summed E-state index contributed by atoms with van der Waals surface area (Å²) in [5.74, 6) is -0.302. The third-order valence-electron chi connectivity index (χ3n) is 4.47. The van der Waals surface area contributed by atoms with Crippen LogP contribution in [0.4, 0.5) is 0 Å². The Labute approximate surface area is 177 Å². The van der Waals surface area contributed by atoms with Gasteiger partial charge in [0, 0.05) is 11.1 Å². The van der Waals surface area contributed by atoms with Crippen LogP contribution in [0.3, 0.4) is 0 Å². The SMILES string of the molecule is CC[C@H](NC(=O)c1nnn(-c2ccccc2Cl)c1-c1ccccn1)c1cccs1. The predicted octanol–water partition coefficient (Wildman–Crippen LogP) is 4.93. The summed E-state index contributed by atoms with van der Waals surface area (Å²) in [5.41, 5.74) is 1.93. The Bertz CT molecular complexity index is 1110. The van der Waals surface area contributed by atoms with E-state index in [2.05, 4.69) is 20.6 Å². The number of halogens is 1. The summed E-state index contributed by atoms with van der Waals surface area (Å²) in [6, 6.07) is 16.7. The third kappa shape index (κ3) is 3.92. The first-order valence-electron chi connectivity index (χ1n) is 9.15. The molecule has 4 aromatic rings. The number of aromatic nitrogens is 4. The van der Waals surface area contributed by atoms with E-state index < -0.39 is 0 Å². The molecule has 0 aliphatic rings. The average molecular weight is 424 g/mol. The molecule has 3 aromatic heterocycles. The van der Waals surface area contributed by atoms with Crippen LogP contribution in [0.1, 0.15) is 34.8 Å². The van der Waals surface area contributed by atoms with Gasteiger partial charge in [0.05, 0.1) is 22.4 Å². The number of para-hydroxylation sites is 1. The van der Waals surface area contributed by atoms with E-state index >= 15 is 0 Å². The highest BCUT2D eigenvalue weighted by Gasteiger charge is 2.25. The summed E-state index contributed by atoms with van der Waals surface area (Å²) < 4.78 is 1.56. The van der Waals surface area contributed by atoms with Crippen molar-refractivity contribution < 1.29 is 4.79 Å². The molecule has 1 amide bonds. The number of hydrogen-bond acceptors (Lipinski definition) is 5. The van der Waals surface area contributed by atoms with Crippen LogP contribution < -0.4 is 5.32 Å². The van der Waals surface area contributed by atoms with Crippen LogP contribution in [0.5, 0.6) is 0 Å². The van der Waals surface area contributed by atoms with Crippen molar-refractivity contribution >= 4 is 28.8 Å². The fraction of sp³-hybridized carbons (Fsp3) is 0.143. The molecular formula is C21H18ClN5OS. The number of nitrogens with one attached hydrogen (secondary N) is 1. The second kappa shape index (κ2) is 8.55. The molecule has 0 aliphatic heterocycles. The van der Waals surface area contributed by atoms with Gasteiger partial charge < -0.3 is 5.32 Å². The van der Waals surface area contributed by atoms with Gasteiger partial charge in [-0.1, -0.05) is 48.0 Å². The first-order valence-corrected chi connectivity index (χ1v) is 10.4. The summed E-state index contributed by atoms with van der Waals surface area (Å²) in [7, 11) is 0. The van der Waals surface area contributed by atoms with Crippen LogP contribution >= 0.6 is 22.9 Å². The minimum absolute atomic E-state index is 0.0930. The summed E-state index contributed by atoms with van der Waals surface area (Å²) in [6.45, 7) is 2.03. The van der Waals surface area contributed by atoms with E-state index in [0.717, 1.165) is 11.3 Å². The van der Waals surface area contributed by atoms with Crippen molar-refractivity contribution in [3.05, 3.63) is 81.8 Å². The second-order valence-corrected chi connectivity index (χ2v) is 7.70. The van der Waals surface area contributed by atoms with Gasteiger partial charge in [-0.05, 0) is 42.1 Å². The standard InChI is InChI=1S/C21H18ClN5OS/c1-2-15(18-11-7-13-29-18)24-21(28)19-20(16-9-5-6-12-23-16)27(26-25-19)17-10-4-3-8-14(17)22/h3-13,15H,2H2,1H3,(H,24,28)/t15-/m0/s1. The van der Waals surface area contributed by atoms with Crippen LogP contribution in [-0.4, -0.2) is 25.9 Å². The fourth-order valence-electron chi connectivity index (χ4n) is 3.05. The number of pyridine rings is 1. The normalized spacial score (nSPS) is 11.9. The molecule has 146 valence electrons. The van der Waals surface area contributed by atoms with Gasteiger partial charge in [-0.25, -0.2) is 4.68 Å². The number of nitrogens with zero attached hydrogens (tertiary/aromatic N) is 4. The molecule has 1 atom stereocenters. The molecule has 1 aromatic carbocycles. The van der Waals surface area contributed by atoms with Crippen molar-refractivity contribution in [2.75, 3.05) is 0 Å². The minimum Gasteiger partial charge on any atom is -0.343 e. The van der Waals surface area contributed by atoms with Crippen LogP contribution in [0.15, 0.2) is 66.2 Å². The predicted molar refractivity (Wildman–Crippen MR) is 114 cm³/mol. The van der Waals surface area contributed by atoms with E-state index in [-0.39, 0.29) is 17.6 Å². The van der Waals surface area contributed by atoms with Crippen molar-refractivity contribution in [3.63, 3.8) is 0 Å². The lowest BCUT2D eigenvalue weighted by Gasteiger charge is -2.15. The fourth-order valence-corrected chi connectivity index (χ4v) is 4.13. The van der Waals surface area contributed by atoms with Crippen molar-refractivity contribution in [3.8, 4) is 17.1 Å². The molecule has 0 saturated heterocycles. The zero-order valence-electron chi connectivity index (χ0n) is 15.6. The van der Waals surface area contributed by atoms with E-state index in [1.54, 1.807) is 28.3 Å². The van der Waals surface area contributed by atoms with Gasteiger partial charge in [0.2, 0.25) is 0 Å². The first kappa shape index (κ1) is 19.3. The molecule has 0 aliphatic carbocycles. The smallest absolute Gasteiger partial charge is 0.274 e. The lowest BCUT2D eigenvalue weighted by Crippen LogP contribution is -2.28. The van der Waals surface area contributed by atoms with E-state index in [1.165, 1.54) is 0 Å². The van der Waals surface area contributed by atoms with E-state index in [9.17, 15) is 4.79 Å². The molecule has 3 heterocycles. The number of benzene rings is 1. The van der Waals surface area contributed by atoms with Gasteiger partial charge in [0.25, 0.3) is 5.91 Å². The monoisotopic (exact) mass is 423 g/mol. The number of hydrogen-bond donors (Lipinski definition) is 1. The highest BCUT2D eigenvalue weighted by molar-refractivity contribution is 7.10. The quantitative estimate of drug-likeness (QED) is 0.477. The number of thiophene rings is 1. The van der Waals surface area contributed by atoms with Gasteiger partial charge in [-0.15, -0.1) is 16.4 Å². The molecule has 29 heavy (non-hydrogen) atoms. The largest absolute Gasteiger partial charge is 0.343 e. The van der Waals surface area contributed by atoms with Crippen LogP contribution in [-0.2, 0) is 0 Å². The second-order valence-electron chi connectivity index (χ2n) is 6.31. The zero-order valence-corrected chi connectivity index (χ0v) is 17.2. The third-order valence-corrected chi connectivity index (χ3v) is 5.78. The molecule has 0 unspecified atom stereocenters. The Morgan fingerprint density at radius 1 is 1.17 bits per heavy atom. The van der Waals surface area contributed by atoms with Gasteiger partial charge >= 0.3 is 0 Å². The molecule has 0 saturated carbocycles. The molecule has 8 heteroatoms. The molecule has 6 nitrogen and oxygen atoms in total. The minimum atomic E-state index is -0.302. The van der Waals surface area contributed by atoms with Gasteiger partial charge in [0.1, 0.15) is 5.69 Å². The summed E-state index contributed by atoms with van der Waals surface area (Å²) >= 11 is 7.98. The Hall–Kier alpha value is -3.03. The molecule has 1 N–H and O–H groups in total. The molecule has 4 rings (SSSR count). The zero-order chi connectivity index (χ0) is 20.2. The Morgan fingerprint density at radius 2 is 2.00 bits per heavy atom. The Morgan fingerprint density at radius 3 is 2.69 bits per heavy atom. The van der Waals surface area contributed by atoms with E-state index in [4.69, 9.17) is 11.6 Å². The van der Waals surface area contributed by atoms with E-state index in [1.807, 2.05) is 60.8 Å². The maximum atomic E-state index is 13.1.